The van der Waals surface area contributed by atoms with Crippen molar-refractivity contribution in [2.45, 2.75) is 65.0 Å². The fourth-order valence-electron chi connectivity index (χ4n) is 2.12. The largest absolute Gasteiger partial charge is 0.466 e. The van der Waals surface area contributed by atoms with Crippen molar-refractivity contribution >= 4 is 12.1 Å². The molecule has 0 aliphatic heterocycles. The molecule has 19 heavy (non-hydrogen) atoms. The Hall–Kier alpha value is -1.26. The summed E-state index contributed by atoms with van der Waals surface area (Å²) >= 11 is 0. The van der Waals surface area contributed by atoms with E-state index in [0.717, 1.165) is 19.3 Å². The molecule has 1 fully saturated rings. The maximum atomic E-state index is 11.5. The molecule has 0 unspecified atom stereocenters. The summed E-state index contributed by atoms with van der Waals surface area (Å²) in [6.45, 7) is 7.77. The Kier molecular flexibility index (Phi) is 5.63. The van der Waals surface area contributed by atoms with Gasteiger partial charge in [-0.25, -0.2) is 4.79 Å². The standard InChI is InChI=1S/C14H25NO4/c1-5-18-12(16)7-6-10-8-11(9-10)15-13(17)19-14(2,3)4/h10-11H,5-9H2,1-4H3,(H,15,17). The van der Waals surface area contributed by atoms with E-state index >= 15 is 0 Å². The summed E-state index contributed by atoms with van der Waals surface area (Å²) in [5, 5.41) is 2.84. The minimum atomic E-state index is -0.461. The van der Waals surface area contributed by atoms with E-state index in [2.05, 4.69) is 5.32 Å². The van der Waals surface area contributed by atoms with Crippen LogP contribution >= 0.6 is 0 Å². The zero-order valence-corrected chi connectivity index (χ0v) is 12.3. The molecule has 0 saturated heterocycles. The first-order valence-electron chi connectivity index (χ1n) is 6.95. The van der Waals surface area contributed by atoms with Crippen LogP contribution < -0.4 is 5.32 Å². The lowest BCUT2D eigenvalue weighted by Crippen LogP contribution is -2.46. The van der Waals surface area contributed by atoms with Crippen LogP contribution in [-0.2, 0) is 14.3 Å². The molecule has 0 aromatic rings. The average molecular weight is 271 g/mol. The third-order valence-electron chi connectivity index (χ3n) is 3.02. The van der Waals surface area contributed by atoms with Crippen LogP contribution in [0.5, 0.6) is 0 Å². The Morgan fingerprint density at radius 2 is 1.89 bits per heavy atom. The van der Waals surface area contributed by atoms with Crippen molar-refractivity contribution in [1.29, 1.82) is 0 Å². The van der Waals surface area contributed by atoms with Crippen molar-refractivity contribution in [2.75, 3.05) is 6.61 Å². The first-order valence-corrected chi connectivity index (χ1v) is 6.95. The van der Waals surface area contributed by atoms with Gasteiger partial charge in [0.25, 0.3) is 0 Å². The minimum Gasteiger partial charge on any atom is -0.466 e. The number of esters is 1. The van der Waals surface area contributed by atoms with Crippen LogP contribution in [0.3, 0.4) is 0 Å². The smallest absolute Gasteiger partial charge is 0.407 e. The lowest BCUT2D eigenvalue weighted by atomic mass is 9.77. The van der Waals surface area contributed by atoms with Crippen molar-refractivity contribution in [2.24, 2.45) is 5.92 Å². The molecule has 0 spiro atoms. The minimum absolute atomic E-state index is 0.133. The van der Waals surface area contributed by atoms with Gasteiger partial charge >= 0.3 is 12.1 Å². The number of ether oxygens (including phenoxy) is 2. The molecule has 0 atom stereocenters. The zero-order chi connectivity index (χ0) is 14.5. The fraction of sp³-hybridized carbons (Fsp3) is 0.857. The predicted octanol–water partition coefficient (Wildman–Crippen LogP) is 2.63. The van der Waals surface area contributed by atoms with Gasteiger partial charge in [-0.05, 0) is 52.9 Å². The van der Waals surface area contributed by atoms with E-state index in [-0.39, 0.29) is 18.1 Å². The Morgan fingerprint density at radius 3 is 2.42 bits per heavy atom. The van der Waals surface area contributed by atoms with E-state index in [1.807, 2.05) is 27.7 Å². The van der Waals surface area contributed by atoms with Gasteiger partial charge in [-0.15, -0.1) is 0 Å². The van der Waals surface area contributed by atoms with Crippen LogP contribution in [0.4, 0.5) is 4.79 Å². The van der Waals surface area contributed by atoms with E-state index in [4.69, 9.17) is 9.47 Å². The Labute approximate surface area is 115 Å². The molecule has 5 nitrogen and oxygen atoms in total. The second-order valence-electron chi connectivity index (χ2n) is 6.02. The first-order chi connectivity index (χ1) is 8.80. The molecule has 0 aromatic carbocycles. The van der Waals surface area contributed by atoms with E-state index in [1.165, 1.54) is 0 Å². The number of carbonyl (C=O) groups excluding carboxylic acids is 2. The normalized spacial score (nSPS) is 22.3. The highest BCUT2D eigenvalue weighted by molar-refractivity contribution is 5.69. The van der Waals surface area contributed by atoms with Gasteiger partial charge in [0, 0.05) is 12.5 Å². The van der Waals surface area contributed by atoms with Crippen molar-refractivity contribution < 1.29 is 19.1 Å². The Balaban J connectivity index is 2.10. The summed E-state index contributed by atoms with van der Waals surface area (Å²) in [6, 6.07) is 0.182. The molecule has 1 rings (SSSR count). The SMILES string of the molecule is CCOC(=O)CCC1CC(NC(=O)OC(C)(C)C)C1. The third-order valence-corrected chi connectivity index (χ3v) is 3.02. The van der Waals surface area contributed by atoms with Gasteiger partial charge in [0.1, 0.15) is 5.60 Å². The molecule has 1 aliphatic rings. The van der Waals surface area contributed by atoms with Crippen molar-refractivity contribution in [3.63, 3.8) is 0 Å². The Morgan fingerprint density at radius 1 is 1.26 bits per heavy atom. The summed E-state index contributed by atoms with van der Waals surface area (Å²) in [5.74, 6) is 0.371. The van der Waals surface area contributed by atoms with Gasteiger partial charge < -0.3 is 14.8 Å². The van der Waals surface area contributed by atoms with Crippen molar-refractivity contribution in [3.05, 3.63) is 0 Å². The van der Waals surface area contributed by atoms with Crippen LogP contribution in [0, 0.1) is 5.92 Å². The van der Waals surface area contributed by atoms with Gasteiger partial charge in [0.05, 0.1) is 6.61 Å². The maximum Gasteiger partial charge on any atom is 0.407 e. The fourth-order valence-corrected chi connectivity index (χ4v) is 2.12. The Bertz CT molecular complexity index is 316. The van der Waals surface area contributed by atoms with Crippen molar-refractivity contribution in [3.8, 4) is 0 Å². The molecule has 1 amide bonds. The highest BCUT2D eigenvalue weighted by atomic mass is 16.6. The van der Waals surface area contributed by atoms with Crippen LogP contribution in [-0.4, -0.2) is 30.3 Å². The topological polar surface area (TPSA) is 64.6 Å². The predicted molar refractivity (Wildman–Crippen MR) is 71.7 cm³/mol. The number of carbonyl (C=O) groups is 2. The average Bonchev–Trinajstić information content (AvgIpc) is 2.18. The number of nitrogens with one attached hydrogen (secondary N) is 1. The van der Waals surface area contributed by atoms with Gasteiger partial charge in [0.2, 0.25) is 0 Å². The van der Waals surface area contributed by atoms with Gasteiger partial charge in [-0.2, -0.15) is 0 Å². The lowest BCUT2D eigenvalue weighted by Gasteiger charge is -2.36. The zero-order valence-electron chi connectivity index (χ0n) is 12.3. The van der Waals surface area contributed by atoms with Gasteiger partial charge in [-0.3, -0.25) is 4.79 Å². The summed E-state index contributed by atoms with van der Waals surface area (Å²) in [6.07, 6.45) is 2.78. The molecule has 0 heterocycles. The molecule has 1 aliphatic carbocycles. The number of hydrogen-bond donors (Lipinski definition) is 1. The highest BCUT2D eigenvalue weighted by Crippen LogP contribution is 2.31. The molecular formula is C14H25NO4. The quantitative estimate of drug-likeness (QED) is 0.781. The third kappa shape index (κ3) is 6.45. The first kappa shape index (κ1) is 15.8. The second-order valence-corrected chi connectivity index (χ2v) is 6.02. The summed E-state index contributed by atoms with van der Waals surface area (Å²) in [4.78, 5) is 22.7. The van der Waals surface area contributed by atoms with Gasteiger partial charge in [0.15, 0.2) is 0 Å². The highest BCUT2D eigenvalue weighted by Gasteiger charge is 2.31. The molecular weight excluding hydrogens is 246 g/mol. The molecule has 0 radical (unpaired) electrons. The van der Waals surface area contributed by atoms with Crippen molar-refractivity contribution in [1.82, 2.24) is 5.32 Å². The lowest BCUT2D eigenvalue weighted by molar-refractivity contribution is -0.143. The maximum absolute atomic E-state index is 11.5. The van der Waals surface area contributed by atoms with E-state index in [9.17, 15) is 9.59 Å². The van der Waals surface area contributed by atoms with E-state index < -0.39 is 5.60 Å². The monoisotopic (exact) mass is 271 g/mol. The van der Waals surface area contributed by atoms with Crippen LogP contribution in [0.25, 0.3) is 0 Å². The molecule has 5 heteroatoms. The number of rotatable bonds is 5. The number of hydrogen-bond acceptors (Lipinski definition) is 4. The van der Waals surface area contributed by atoms with Crippen LogP contribution in [0.1, 0.15) is 53.4 Å². The molecule has 1 N–H and O–H groups in total. The van der Waals surface area contributed by atoms with Gasteiger partial charge in [-0.1, -0.05) is 0 Å². The molecule has 1 saturated carbocycles. The summed E-state index contributed by atoms with van der Waals surface area (Å²) < 4.78 is 10.1. The van der Waals surface area contributed by atoms with Crippen LogP contribution in [0.2, 0.25) is 0 Å². The molecule has 110 valence electrons. The number of alkyl carbamates (subject to hydrolysis) is 1. The van der Waals surface area contributed by atoms with Crippen LogP contribution in [0.15, 0.2) is 0 Å². The summed E-state index contributed by atoms with van der Waals surface area (Å²) in [7, 11) is 0. The summed E-state index contributed by atoms with van der Waals surface area (Å²) in [5.41, 5.74) is -0.461. The van der Waals surface area contributed by atoms with E-state index in [0.29, 0.717) is 18.9 Å². The van der Waals surface area contributed by atoms with E-state index in [1.54, 1.807) is 0 Å². The second kappa shape index (κ2) is 6.78. The number of amides is 1. The molecule has 0 aromatic heterocycles. The molecule has 0 bridgehead atoms.